The molecule has 0 aliphatic carbocycles. The molecule has 2 rings (SSSR count). The molecule has 2 N–H and O–H groups in total. The van der Waals surface area contributed by atoms with E-state index in [1.165, 1.54) is 11.1 Å². The van der Waals surface area contributed by atoms with Crippen LogP contribution in [0.25, 0.3) is 0 Å². The minimum absolute atomic E-state index is 0.0960. The molecule has 0 saturated carbocycles. The lowest BCUT2D eigenvalue weighted by Crippen LogP contribution is -2.40. The zero-order valence-corrected chi connectivity index (χ0v) is 12.7. The number of carbonyl (C=O) groups excluding carboxylic acids is 1. The molecule has 1 heterocycles. The van der Waals surface area contributed by atoms with Gasteiger partial charge in [-0.05, 0) is 43.9 Å². The van der Waals surface area contributed by atoms with Crippen molar-refractivity contribution < 1.29 is 14.7 Å². The molecule has 114 valence electrons. The Morgan fingerprint density at radius 1 is 1.38 bits per heavy atom. The van der Waals surface area contributed by atoms with E-state index in [-0.39, 0.29) is 12.1 Å². The Morgan fingerprint density at radius 2 is 2.10 bits per heavy atom. The van der Waals surface area contributed by atoms with Gasteiger partial charge >= 0.3 is 12.0 Å². The largest absolute Gasteiger partial charge is 0.481 e. The first-order valence-electron chi connectivity index (χ1n) is 7.24. The highest BCUT2D eigenvalue weighted by Crippen LogP contribution is 2.21. The van der Waals surface area contributed by atoms with Crippen molar-refractivity contribution in [1.29, 1.82) is 0 Å². The summed E-state index contributed by atoms with van der Waals surface area (Å²) in [5, 5.41) is 11.9. The average molecular weight is 290 g/mol. The van der Waals surface area contributed by atoms with Gasteiger partial charge in [0.25, 0.3) is 0 Å². The van der Waals surface area contributed by atoms with Gasteiger partial charge in [0.1, 0.15) is 0 Å². The maximum atomic E-state index is 12.2. The summed E-state index contributed by atoms with van der Waals surface area (Å²) in [6, 6.07) is 5.76. The highest BCUT2D eigenvalue weighted by Gasteiger charge is 2.31. The molecular formula is C16H22N2O3. The van der Waals surface area contributed by atoms with Crippen molar-refractivity contribution in [3.63, 3.8) is 0 Å². The third-order valence-electron chi connectivity index (χ3n) is 4.28. The van der Waals surface area contributed by atoms with Crippen molar-refractivity contribution in [2.45, 2.75) is 33.2 Å². The normalized spacial score (nSPS) is 19.4. The molecule has 0 aromatic heterocycles. The van der Waals surface area contributed by atoms with Gasteiger partial charge in [-0.1, -0.05) is 18.2 Å². The third-order valence-corrected chi connectivity index (χ3v) is 4.28. The fourth-order valence-corrected chi connectivity index (χ4v) is 2.74. The van der Waals surface area contributed by atoms with Gasteiger partial charge in [0, 0.05) is 13.1 Å². The van der Waals surface area contributed by atoms with E-state index in [4.69, 9.17) is 5.11 Å². The predicted octanol–water partition coefficient (Wildman–Crippen LogP) is 2.48. The molecule has 1 aliphatic heterocycles. The number of carbonyl (C=O) groups is 2. The quantitative estimate of drug-likeness (QED) is 0.898. The van der Waals surface area contributed by atoms with Crippen LogP contribution in [0.3, 0.4) is 0 Å². The van der Waals surface area contributed by atoms with E-state index < -0.39 is 11.9 Å². The first-order chi connectivity index (χ1) is 9.90. The van der Waals surface area contributed by atoms with Crippen molar-refractivity contribution in [3.8, 4) is 0 Å². The number of carboxylic acid groups (broad SMARTS) is 1. The number of likely N-dealkylation sites (tertiary alicyclic amines) is 1. The fourth-order valence-electron chi connectivity index (χ4n) is 2.74. The molecule has 0 radical (unpaired) electrons. The average Bonchev–Trinajstić information content (AvgIpc) is 2.91. The van der Waals surface area contributed by atoms with Crippen molar-refractivity contribution in [2.75, 3.05) is 13.1 Å². The smallest absolute Gasteiger partial charge is 0.317 e. The van der Waals surface area contributed by atoms with Crippen LogP contribution in [-0.4, -0.2) is 35.1 Å². The van der Waals surface area contributed by atoms with E-state index in [9.17, 15) is 9.59 Å². The van der Waals surface area contributed by atoms with E-state index in [0.717, 1.165) is 5.56 Å². The number of nitrogens with one attached hydrogen (secondary N) is 1. The van der Waals surface area contributed by atoms with Crippen LogP contribution < -0.4 is 5.32 Å². The third kappa shape index (κ3) is 3.35. The summed E-state index contributed by atoms with van der Waals surface area (Å²) in [5.41, 5.74) is 3.47. The van der Waals surface area contributed by atoms with Crippen molar-refractivity contribution >= 4 is 12.0 Å². The number of amides is 2. The van der Waals surface area contributed by atoms with Crippen LogP contribution in [0.5, 0.6) is 0 Å². The minimum Gasteiger partial charge on any atom is -0.481 e. The van der Waals surface area contributed by atoms with Gasteiger partial charge in [0.05, 0.1) is 12.0 Å². The molecule has 0 bridgehead atoms. The van der Waals surface area contributed by atoms with Crippen LogP contribution in [-0.2, 0) is 4.79 Å². The van der Waals surface area contributed by atoms with Crippen LogP contribution in [0.4, 0.5) is 4.79 Å². The fraction of sp³-hybridized carbons (Fsp3) is 0.500. The Labute approximate surface area is 125 Å². The summed E-state index contributed by atoms with van der Waals surface area (Å²) >= 11 is 0. The summed E-state index contributed by atoms with van der Waals surface area (Å²) in [6.07, 6.45) is 0.528. The van der Waals surface area contributed by atoms with Gasteiger partial charge < -0.3 is 15.3 Å². The van der Waals surface area contributed by atoms with Crippen molar-refractivity contribution in [2.24, 2.45) is 5.92 Å². The number of aliphatic carboxylic acids is 1. The zero-order valence-electron chi connectivity index (χ0n) is 12.7. The molecule has 21 heavy (non-hydrogen) atoms. The van der Waals surface area contributed by atoms with Crippen LogP contribution >= 0.6 is 0 Å². The minimum atomic E-state index is -0.826. The summed E-state index contributed by atoms with van der Waals surface area (Å²) in [6.45, 7) is 6.84. The number of carboxylic acids is 1. The summed E-state index contributed by atoms with van der Waals surface area (Å²) in [7, 11) is 0. The van der Waals surface area contributed by atoms with Gasteiger partial charge in [-0.2, -0.15) is 0 Å². The van der Waals surface area contributed by atoms with Crippen LogP contribution in [0.2, 0.25) is 0 Å². The standard InChI is InChI=1S/C16H22N2O3/c1-10-5-4-6-14(11(10)2)12(3)17-16(21)18-8-7-13(9-18)15(19)20/h4-6,12-13H,7-9H2,1-3H3,(H,17,21)(H,19,20). The number of benzene rings is 1. The van der Waals surface area contributed by atoms with Gasteiger partial charge in [0.2, 0.25) is 0 Å². The number of nitrogens with zero attached hydrogens (tertiary/aromatic N) is 1. The maximum absolute atomic E-state index is 12.2. The zero-order chi connectivity index (χ0) is 15.6. The molecule has 1 aromatic rings. The van der Waals surface area contributed by atoms with E-state index in [1.54, 1.807) is 4.90 Å². The molecule has 2 atom stereocenters. The molecule has 0 spiro atoms. The summed E-state index contributed by atoms with van der Waals surface area (Å²) in [4.78, 5) is 24.7. The van der Waals surface area contributed by atoms with Crippen LogP contribution in [0.15, 0.2) is 18.2 Å². The summed E-state index contributed by atoms with van der Waals surface area (Å²) in [5.74, 6) is -1.26. The highest BCUT2D eigenvalue weighted by molar-refractivity contribution is 5.77. The number of urea groups is 1. The lowest BCUT2D eigenvalue weighted by molar-refractivity contribution is -0.141. The number of hydrogen-bond donors (Lipinski definition) is 2. The number of aryl methyl sites for hydroxylation is 1. The maximum Gasteiger partial charge on any atom is 0.317 e. The molecular weight excluding hydrogens is 268 g/mol. The summed E-state index contributed by atoms with van der Waals surface area (Å²) < 4.78 is 0. The van der Waals surface area contributed by atoms with E-state index >= 15 is 0 Å². The van der Waals surface area contributed by atoms with E-state index in [0.29, 0.717) is 19.5 Å². The molecule has 1 aromatic carbocycles. The Bertz CT molecular complexity index is 556. The van der Waals surface area contributed by atoms with Gasteiger partial charge in [0.15, 0.2) is 0 Å². The molecule has 5 nitrogen and oxygen atoms in total. The molecule has 1 aliphatic rings. The van der Waals surface area contributed by atoms with E-state index in [1.807, 2.05) is 39.0 Å². The molecule has 1 fully saturated rings. The number of rotatable bonds is 3. The Morgan fingerprint density at radius 3 is 2.71 bits per heavy atom. The molecule has 2 amide bonds. The SMILES string of the molecule is Cc1cccc(C(C)NC(=O)N2CCC(C(=O)O)C2)c1C. The monoisotopic (exact) mass is 290 g/mol. The second-order valence-corrected chi connectivity index (χ2v) is 5.73. The Kier molecular flexibility index (Phi) is 4.50. The lowest BCUT2D eigenvalue weighted by atomic mass is 9.98. The van der Waals surface area contributed by atoms with Crippen LogP contribution in [0.1, 0.15) is 36.1 Å². The second kappa shape index (κ2) is 6.16. The van der Waals surface area contributed by atoms with Crippen molar-refractivity contribution in [1.82, 2.24) is 10.2 Å². The molecule has 1 saturated heterocycles. The van der Waals surface area contributed by atoms with Gasteiger partial charge in [-0.15, -0.1) is 0 Å². The topological polar surface area (TPSA) is 69.6 Å². The second-order valence-electron chi connectivity index (χ2n) is 5.73. The number of hydrogen-bond acceptors (Lipinski definition) is 2. The molecule has 5 heteroatoms. The van der Waals surface area contributed by atoms with Crippen LogP contribution in [0, 0.1) is 19.8 Å². The highest BCUT2D eigenvalue weighted by atomic mass is 16.4. The van der Waals surface area contributed by atoms with Crippen molar-refractivity contribution in [3.05, 3.63) is 34.9 Å². The Hall–Kier alpha value is -2.04. The van der Waals surface area contributed by atoms with Gasteiger partial charge in [-0.3, -0.25) is 4.79 Å². The molecule has 2 unspecified atom stereocenters. The van der Waals surface area contributed by atoms with E-state index in [2.05, 4.69) is 5.32 Å². The predicted molar refractivity (Wildman–Crippen MR) is 80.2 cm³/mol. The van der Waals surface area contributed by atoms with Gasteiger partial charge in [-0.25, -0.2) is 4.79 Å². The lowest BCUT2D eigenvalue weighted by Gasteiger charge is -2.22. The first-order valence-corrected chi connectivity index (χ1v) is 7.24. The first kappa shape index (κ1) is 15.4. The Balaban J connectivity index is 2.00.